The van der Waals surface area contributed by atoms with Gasteiger partial charge in [0.2, 0.25) is 0 Å². The van der Waals surface area contributed by atoms with Crippen LogP contribution in [-0.4, -0.2) is 25.8 Å². The molecule has 0 bridgehead atoms. The summed E-state index contributed by atoms with van der Waals surface area (Å²) in [7, 11) is 2.03. The van der Waals surface area contributed by atoms with E-state index in [1.165, 1.54) is 32.2 Å². The van der Waals surface area contributed by atoms with Crippen molar-refractivity contribution >= 4 is 0 Å². The molecule has 2 fully saturated rings. The van der Waals surface area contributed by atoms with Crippen LogP contribution >= 0.6 is 0 Å². The van der Waals surface area contributed by atoms with Crippen LogP contribution < -0.4 is 5.32 Å². The standard InChI is InChI=1S/C9H17NO/c1-10-5-4-7-2-3-8-9(6-7)11-8/h7-10H,2-6H2,1H3. The number of hydrogen-bond acceptors (Lipinski definition) is 2. The molecule has 0 aromatic carbocycles. The molecule has 0 amide bonds. The molecule has 0 aromatic heterocycles. The summed E-state index contributed by atoms with van der Waals surface area (Å²) in [4.78, 5) is 0. The first-order valence-corrected chi connectivity index (χ1v) is 4.70. The van der Waals surface area contributed by atoms with Gasteiger partial charge in [0.15, 0.2) is 0 Å². The van der Waals surface area contributed by atoms with E-state index < -0.39 is 0 Å². The lowest BCUT2D eigenvalue weighted by molar-refractivity contribution is 0.350. The molecule has 0 spiro atoms. The van der Waals surface area contributed by atoms with E-state index in [-0.39, 0.29) is 0 Å². The van der Waals surface area contributed by atoms with Crippen molar-refractivity contribution in [2.75, 3.05) is 13.6 Å². The van der Waals surface area contributed by atoms with Crippen molar-refractivity contribution in [1.82, 2.24) is 5.32 Å². The van der Waals surface area contributed by atoms with Crippen LogP contribution in [0.5, 0.6) is 0 Å². The molecular weight excluding hydrogens is 138 g/mol. The second kappa shape index (κ2) is 3.11. The normalized spacial score (nSPS) is 41.7. The van der Waals surface area contributed by atoms with E-state index in [2.05, 4.69) is 5.32 Å². The van der Waals surface area contributed by atoms with Crippen LogP contribution in [0.1, 0.15) is 25.7 Å². The number of rotatable bonds is 3. The molecule has 1 aliphatic heterocycles. The van der Waals surface area contributed by atoms with Gasteiger partial charge in [0.25, 0.3) is 0 Å². The van der Waals surface area contributed by atoms with Crippen molar-refractivity contribution in [2.45, 2.75) is 37.9 Å². The van der Waals surface area contributed by atoms with Gasteiger partial charge in [-0.05, 0) is 45.2 Å². The summed E-state index contributed by atoms with van der Waals surface area (Å²) in [5.74, 6) is 0.936. The molecule has 1 heterocycles. The van der Waals surface area contributed by atoms with Crippen molar-refractivity contribution < 1.29 is 4.74 Å². The molecule has 2 heteroatoms. The minimum Gasteiger partial charge on any atom is -0.370 e. The summed E-state index contributed by atoms with van der Waals surface area (Å²) < 4.78 is 5.47. The zero-order chi connectivity index (χ0) is 7.68. The molecule has 3 atom stereocenters. The van der Waals surface area contributed by atoms with Crippen molar-refractivity contribution in [2.24, 2.45) is 5.92 Å². The highest BCUT2D eigenvalue weighted by Crippen LogP contribution is 2.40. The Morgan fingerprint density at radius 1 is 1.36 bits per heavy atom. The van der Waals surface area contributed by atoms with Gasteiger partial charge in [-0.1, -0.05) is 0 Å². The van der Waals surface area contributed by atoms with Crippen molar-refractivity contribution in [1.29, 1.82) is 0 Å². The maximum Gasteiger partial charge on any atom is 0.0844 e. The fraction of sp³-hybridized carbons (Fsp3) is 1.00. The van der Waals surface area contributed by atoms with E-state index in [9.17, 15) is 0 Å². The Hall–Kier alpha value is -0.0800. The summed E-state index contributed by atoms with van der Waals surface area (Å²) in [5, 5.41) is 3.20. The third-order valence-corrected chi connectivity index (χ3v) is 2.92. The quantitative estimate of drug-likeness (QED) is 0.619. The van der Waals surface area contributed by atoms with Crippen LogP contribution in [0.25, 0.3) is 0 Å². The first-order valence-electron chi connectivity index (χ1n) is 4.70. The molecule has 1 aliphatic carbocycles. The number of epoxide rings is 1. The Labute approximate surface area is 68.3 Å². The topological polar surface area (TPSA) is 24.6 Å². The summed E-state index contributed by atoms with van der Waals surface area (Å²) >= 11 is 0. The molecule has 2 nitrogen and oxygen atoms in total. The molecule has 2 aliphatic rings. The van der Waals surface area contributed by atoms with Gasteiger partial charge in [-0.15, -0.1) is 0 Å². The van der Waals surface area contributed by atoms with E-state index >= 15 is 0 Å². The highest BCUT2D eigenvalue weighted by atomic mass is 16.6. The largest absolute Gasteiger partial charge is 0.370 e. The number of hydrogen-bond donors (Lipinski definition) is 1. The van der Waals surface area contributed by atoms with Gasteiger partial charge in [0, 0.05) is 0 Å². The summed E-state index contributed by atoms with van der Waals surface area (Å²) in [6, 6.07) is 0. The second-order valence-electron chi connectivity index (χ2n) is 3.78. The first-order chi connectivity index (χ1) is 5.40. The van der Waals surface area contributed by atoms with E-state index in [1.807, 2.05) is 7.05 Å². The van der Waals surface area contributed by atoms with Gasteiger partial charge in [-0.25, -0.2) is 0 Å². The fourth-order valence-corrected chi connectivity index (χ4v) is 2.10. The molecule has 3 unspecified atom stereocenters. The maximum absolute atomic E-state index is 5.47. The lowest BCUT2D eigenvalue weighted by Gasteiger charge is -2.17. The molecule has 1 saturated carbocycles. The summed E-state index contributed by atoms with van der Waals surface area (Å²) in [5.41, 5.74) is 0. The molecule has 0 aromatic rings. The molecule has 0 radical (unpaired) electrons. The molecule has 2 rings (SSSR count). The Balaban J connectivity index is 1.68. The predicted octanol–water partition coefficient (Wildman–Crippen LogP) is 1.16. The maximum atomic E-state index is 5.47. The zero-order valence-electron chi connectivity index (χ0n) is 7.18. The van der Waals surface area contributed by atoms with Crippen LogP contribution in [-0.2, 0) is 4.74 Å². The van der Waals surface area contributed by atoms with Crippen LogP contribution in [0.4, 0.5) is 0 Å². The average Bonchev–Trinajstić information content (AvgIpc) is 2.78. The van der Waals surface area contributed by atoms with Gasteiger partial charge in [0.1, 0.15) is 0 Å². The Kier molecular flexibility index (Phi) is 2.14. The number of fused-ring (bicyclic) bond motifs is 1. The first kappa shape index (κ1) is 7.56. The van der Waals surface area contributed by atoms with E-state index in [0.29, 0.717) is 12.2 Å². The van der Waals surface area contributed by atoms with Crippen molar-refractivity contribution in [3.05, 3.63) is 0 Å². The molecule has 1 N–H and O–H groups in total. The second-order valence-corrected chi connectivity index (χ2v) is 3.78. The molecular formula is C9H17NO. The van der Waals surface area contributed by atoms with Gasteiger partial charge in [-0.2, -0.15) is 0 Å². The predicted molar refractivity (Wildman–Crippen MR) is 44.5 cm³/mol. The van der Waals surface area contributed by atoms with Crippen LogP contribution in [0.15, 0.2) is 0 Å². The lowest BCUT2D eigenvalue weighted by Crippen LogP contribution is -2.18. The smallest absolute Gasteiger partial charge is 0.0844 e. The minimum atomic E-state index is 0.658. The highest BCUT2D eigenvalue weighted by Gasteiger charge is 2.43. The van der Waals surface area contributed by atoms with Crippen molar-refractivity contribution in [3.63, 3.8) is 0 Å². The summed E-state index contributed by atoms with van der Waals surface area (Å²) in [6.45, 7) is 1.17. The average molecular weight is 155 g/mol. The Bertz CT molecular complexity index is 138. The number of nitrogens with one attached hydrogen (secondary N) is 1. The van der Waals surface area contributed by atoms with Gasteiger partial charge in [-0.3, -0.25) is 0 Å². The van der Waals surface area contributed by atoms with Crippen LogP contribution in [0.3, 0.4) is 0 Å². The molecule has 1 saturated heterocycles. The third-order valence-electron chi connectivity index (χ3n) is 2.92. The van der Waals surface area contributed by atoms with Crippen LogP contribution in [0, 0.1) is 5.92 Å². The van der Waals surface area contributed by atoms with E-state index in [1.54, 1.807) is 0 Å². The molecule has 11 heavy (non-hydrogen) atoms. The van der Waals surface area contributed by atoms with E-state index in [4.69, 9.17) is 4.74 Å². The fourth-order valence-electron chi connectivity index (χ4n) is 2.10. The lowest BCUT2D eigenvalue weighted by atomic mass is 9.87. The summed E-state index contributed by atoms with van der Waals surface area (Å²) in [6.07, 6.45) is 6.70. The number of ether oxygens (including phenoxy) is 1. The monoisotopic (exact) mass is 155 g/mol. The van der Waals surface area contributed by atoms with Gasteiger partial charge >= 0.3 is 0 Å². The Morgan fingerprint density at radius 3 is 3.00 bits per heavy atom. The SMILES string of the molecule is CNCCC1CCC2OC2C1. The zero-order valence-corrected chi connectivity index (χ0v) is 7.18. The van der Waals surface area contributed by atoms with E-state index in [0.717, 1.165) is 5.92 Å². The van der Waals surface area contributed by atoms with Crippen LogP contribution in [0.2, 0.25) is 0 Å². The minimum absolute atomic E-state index is 0.658. The van der Waals surface area contributed by atoms with Crippen molar-refractivity contribution in [3.8, 4) is 0 Å². The highest BCUT2D eigenvalue weighted by molar-refractivity contribution is 4.91. The Morgan fingerprint density at radius 2 is 2.27 bits per heavy atom. The van der Waals surface area contributed by atoms with Gasteiger partial charge in [0.05, 0.1) is 12.2 Å². The van der Waals surface area contributed by atoms with Gasteiger partial charge < -0.3 is 10.1 Å². The molecule has 64 valence electrons. The third kappa shape index (κ3) is 1.74.